The number of fused-ring (bicyclic) bond motifs is 1. The van der Waals surface area contributed by atoms with Gasteiger partial charge in [0, 0.05) is 17.4 Å². The van der Waals surface area contributed by atoms with E-state index < -0.39 is 0 Å². The molecule has 13 heavy (non-hydrogen) atoms. The number of nitrogens with zero attached hydrogens (tertiary/aromatic N) is 2. The molecule has 0 fully saturated rings. The Bertz CT molecular complexity index is 484. The second-order valence-corrected chi connectivity index (χ2v) is 4.46. The van der Waals surface area contributed by atoms with Crippen molar-refractivity contribution in [1.82, 2.24) is 4.98 Å². The van der Waals surface area contributed by atoms with E-state index in [1.807, 2.05) is 23.6 Å². The zero-order valence-electron chi connectivity index (χ0n) is 6.52. The standard InChI is InChI=1S/C8H5N3S2/c9-4-12-8-11-6-3-5(10)1-2-7(6)13-8/h1-3H,10H2. The van der Waals surface area contributed by atoms with Crippen molar-refractivity contribution in [3.05, 3.63) is 18.2 Å². The van der Waals surface area contributed by atoms with Gasteiger partial charge in [-0.3, -0.25) is 0 Å². The first-order valence-corrected chi connectivity index (χ1v) is 5.15. The molecule has 0 aliphatic carbocycles. The van der Waals surface area contributed by atoms with E-state index in [1.54, 1.807) is 0 Å². The topological polar surface area (TPSA) is 62.7 Å². The first kappa shape index (κ1) is 8.35. The summed E-state index contributed by atoms with van der Waals surface area (Å²) in [4.78, 5) is 4.24. The Kier molecular flexibility index (Phi) is 2.08. The molecule has 2 rings (SSSR count). The van der Waals surface area contributed by atoms with Crippen LogP contribution < -0.4 is 5.73 Å². The van der Waals surface area contributed by atoms with E-state index in [-0.39, 0.29) is 0 Å². The lowest BCUT2D eigenvalue weighted by Crippen LogP contribution is -1.81. The Hall–Kier alpha value is -1.25. The normalized spacial score (nSPS) is 10.1. The summed E-state index contributed by atoms with van der Waals surface area (Å²) >= 11 is 2.58. The highest BCUT2D eigenvalue weighted by molar-refractivity contribution is 8.05. The van der Waals surface area contributed by atoms with Gasteiger partial charge in [-0.1, -0.05) is 0 Å². The number of benzene rings is 1. The van der Waals surface area contributed by atoms with Crippen LogP contribution in [0, 0.1) is 10.7 Å². The van der Waals surface area contributed by atoms with Crippen LogP contribution in [0.1, 0.15) is 0 Å². The molecular weight excluding hydrogens is 202 g/mol. The lowest BCUT2D eigenvalue weighted by molar-refractivity contribution is 1.31. The van der Waals surface area contributed by atoms with Crippen molar-refractivity contribution in [2.45, 2.75) is 4.34 Å². The lowest BCUT2D eigenvalue weighted by atomic mass is 10.3. The molecule has 0 amide bonds. The van der Waals surface area contributed by atoms with Gasteiger partial charge in [-0.25, -0.2) is 4.98 Å². The van der Waals surface area contributed by atoms with Crippen molar-refractivity contribution in [2.75, 3.05) is 5.73 Å². The highest BCUT2D eigenvalue weighted by atomic mass is 32.2. The molecule has 0 atom stereocenters. The van der Waals surface area contributed by atoms with Crippen LogP contribution in [0.4, 0.5) is 5.69 Å². The van der Waals surface area contributed by atoms with Crippen molar-refractivity contribution in [3.8, 4) is 5.40 Å². The number of thioether (sulfide) groups is 1. The number of nitrogens with two attached hydrogens (primary N) is 1. The molecule has 0 unspecified atom stereocenters. The molecule has 2 N–H and O–H groups in total. The number of hydrogen-bond donors (Lipinski definition) is 1. The maximum Gasteiger partial charge on any atom is 0.165 e. The lowest BCUT2D eigenvalue weighted by Gasteiger charge is -1.89. The van der Waals surface area contributed by atoms with Crippen molar-refractivity contribution >= 4 is 39.0 Å². The second kappa shape index (κ2) is 3.24. The Labute approximate surface area is 83.2 Å². The Balaban J connectivity index is 2.57. The van der Waals surface area contributed by atoms with Gasteiger partial charge in [0.15, 0.2) is 4.34 Å². The van der Waals surface area contributed by atoms with Gasteiger partial charge in [0.1, 0.15) is 5.40 Å². The quantitative estimate of drug-likeness (QED) is 0.443. The van der Waals surface area contributed by atoms with Gasteiger partial charge in [0.2, 0.25) is 0 Å². The molecule has 64 valence electrons. The SMILES string of the molecule is N#CSc1nc2cc(N)ccc2s1. The summed E-state index contributed by atoms with van der Waals surface area (Å²) in [5.74, 6) is 0. The van der Waals surface area contributed by atoms with Crippen LogP contribution in [0.5, 0.6) is 0 Å². The van der Waals surface area contributed by atoms with Gasteiger partial charge < -0.3 is 5.73 Å². The highest BCUT2D eigenvalue weighted by Crippen LogP contribution is 2.29. The van der Waals surface area contributed by atoms with E-state index in [2.05, 4.69) is 4.98 Å². The Morgan fingerprint density at radius 3 is 3.15 bits per heavy atom. The predicted molar refractivity (Wildman–Crippen MR) is 55.5 cm³/mol. The molecule has 0 radical (unpaired) electrons. The van der Waals surface area contributed by atoms with Crippen LogP contribution in [0.25, 0.3) is 10.2 Å². The van der Waals surface area contributed by atoms with E-state index in [9.17, 15) is 0 Å². The Morgan fingerprint density at radius 1 is 1.54 bits per heavy atom. The summed E-state index contributed by atoms with van der Waals surface area (Å²) in [6, 6.07) is 5.57. The monoisotopic (exact) mass is 207 g/mol. The Morgan fingerprint density at radius 2 is 2.38 bits per heavy atom. The maximum absolute atomic E-state index is 8.45. The van der Waals surface area contributed by atoms with Crippen molar-refractivity contribution < 1.29 is 0 Å². The molecule has 5 heteroatoms. The fraction of sp³-hybridized carbons (Fsp3) is 0. The minimum atomic E-state index is 0.700. The van der Waals surface area contributed by atoms with Crippen LogP contribution >= 0.6 is 23.1 Å². The van der Waals surface area contributed by atoms with Gasteiger partial charge in [0.25, 0.3) is 0 Å². The number of hydrogen-bond acceptors (Lipinski definition) is 5. The zero-order chi connectivity index (χ0) is 9.26. The third kappa shape index (κ3) is 1.59. The third-order valence-corrected chi connectivity index (χ3v) is 3.21. The number of anilines is 1. The number of nitriles is 1. The third-order valence-electron chi connectivity index (χ3n) is 1.52. The summed E-state index contributed by atoms with van der Waals surface area (Å²) in [6.07, 6.45) is 0. The summed E-state index contributed by atoms with van der Waals surface area (Å²) in [5, 5.41) is 10.4. The van der Waals surface area contributed by atoms with Crippen LogP contribution in [0.15, 0.2) is 22.5 Å². The molecule has 2 aromatic rings. The molecule has 1 aromatic heterocycles. The fourth-order valence-corrected chi connectivity index (χ4v) is 2.45. The molecule has 3 nitrogen and oxygen atoms in total. The zero-order valence-corrected chi connectivity index (χ0v) is 8.15. The average Bonchev–Trinajstić information content (AvgIpc) is 2.46. The second-order valence-electron chi connectivity index (χ2n) is 2.40. The van der Waals surface area contributed by atoms with E-state index in [1.165, 1.54) is 11.3 Å². The number of thiocyanates is 1. The van der Waals surface area contributed by atoms with Gasteiger partial charge in [-0.2, -0.15) is 5.26 Å². The van der Waals surface area contributed by atoms with E-state index >= 15 is 0 Å². The predicted octanol–water partition coefficient (Wildman–Crippen LogP) is 2.45. The summed E-state index contributed by atoms with van der Waals surface area (Å²) in [5.41, 5.74) is 7.16. The first-order valence-electron chi connectivity index (χ1n) is 3.51. The maximum atomic E-state index is 8.45. The minimum absolute atomic E-state index is 0.700. The summed E-state index contributed by atoms with van der Waals surface area (Å²) in [7, 11) is 0. The number of thiazole rings is 1. The van der Waals surface area contributed by atoms with Gasteiger partial charge >= 0.3 is 0 Å². The number of aromatic nitrogens is 1. The largest absolute Gasteiger partial charge is 0.399 e. The number of rotatable bonds is 1. The highest BCUT2D eigenvalue weighted by Gasteiger charge is 2.03. The van der Waals surface area contributed by atoms with Crippen molar-refractivity contribution in [2.24, 2.45) is 0 Å². The molecule has 0 aliphatic heterocycles. The minimum Gasteiger partial charge on any atom is -0.399 e. The summed E-state index contributed by atoms with van der Waals surface area (Å²) < 4.78 is 1.83. The molecule has 0 saturated heterocycles. The van der Waals surface area contributed by atoms with Crippen LogP contribution in [0.2, 0.25) is 0 Å². The molecule has 0 saturated carbocycles. The van der Waals surface area contributed by atoms with Gasteiger partial charge in [-0.05, 0) is 18.2 Å². The van der Waals surface area contributed by atoms with Crippen LogP contribution in [0.3, 0.4) is 0 Å². The van der Waals surface area contributed by atoms with Crippen molar-refractivity contribution in [1.29, 1.82) is 5.26 Å². The van der Waals surface area contributed by atoms with Crippen LogP contribution in [-0.2, 0) is 0 Å². The van der Waals surface area contributed by atoms with Gasteiger partial charge in [-0.15, -0.1) is 11.3 Å². The average molecular weight is 207 g/mol. The molecule has 1 heterocycles. The number of nitrogen functional groups attached to an aromatic ring is 1. The molecular formula is C8H5N3S2. The summed E-state index contributed by atoms with van der Waals surface area (Å²) in [6.45, 7) is 0. The molecule has 0 spiro atoms. The van der Waals surface area contributed by atoms with E-state index in [0.717, 1.165) is 26.3 Å². The smallest absolute Gasteiger partial charge is 0.165 e. The van der Waals surface area contributed by atoms with E-state index in [4.69, 9.17) is 11.0 Å². The molecule has 1 aromatic carbocycles. The van der Waals surface area contributed by atoms with E-state index in [0.29, 0.717) is 5.69 Å². The fourth-order valence-electron chi connectivity index (χ4n) is 1.01. The van der Waals surface area contributed by atoms with Crippen molar-refractivity contribution in [3.63, 3.8) is 0 Å². The van der Waals surface area contributed by atoms with Gasteiger partial charge in [0.05, 0.1) is 10.2 Å². The first-order chi connectivity index (χ1) is 6.29. The molecule has 0 bridgehead atoms. The molecule has 0 aliphatic rings. The van der Waals surface area contributed by atoms with Crippen LogP contribution in [-0.4, -0.2) is 4.98 Å².